The lowest BCUT2D eigenvalue weighted by Gasteiger charge is -2.34. The maximum absolute atomic E-state index is 13.2. The number of sulfonamides is 1. The van der Waals surface area contributed by atoms with E-state index in [9.17, 15) is 28.6 Å². The Kier molecular flexibility index (Phi) is 7.44. The number of aromatic nitrogens is 2. The molecule has 3 heterocycles. The lowest BCUT2D eigenvalue weighted by atomic mass is 10.1. The monoisotopic (exact) mass is 598 g/mol. The van der Waals surface area contributed by atoms with E-state index in [1.807, 2.05) is 53.1 Å². The number of benzene rings is 3. The number of hydrogen-bond acceptors (Lipinski definition) is 8. The number of pyridine rings is 1. The number of imidazole rings is 1. The molecule has 0 aliphatic carbocycles. The molecule has 43 heavy (non-hydrogen) atoms. The zero-order chi connectivity index (χ0) is 30.1. The fourth-order valence-electron chi connectivity index (χ4n) is 5.27. The van der Waals surface area contributed by atoms with Gasteiger partial charge in [-0.05, 0) is 35.4 Å². The van der Waals surface area contributed by atoms with Crippen molar-refractivity contribution < 1.29 is 18.3 Å². The average molecular weight is 599 g/mol. The van der Waals surface area contributed by atoms with Crippen LogP contribution in [0.2, 0.25) is 0 Å². The van der Waals surface area contributed by atoms with Gasteiger partial charge in [-0.1, -0.05) is 42.5 Å². The molecule has 1 fully saturated rings. The minimum Gasteiger partial charge on any atom is -0.301 e. The summed E-state index contributed by atoms with van der Waals surface area (Å²) >= 11 is 0. The third-order valence-corrected chi connectivity index (χ3v) is 9.46. The first-order valence-electron chi connectivity index (χ1n) is 13.5. The van der Waals surface area contributed by atoms with E-state index >= 15 is 0 Å². The standard InChI is InChI=1S/C30H26N6O6S/c37-35(38)25-10-12-27(13-11-25)43(41,42)33-17-15-32(16-18-33)21-28-30(23-7-4-8-26(19-23)36(39)40)31-29-14-9-24(20-34(28)29)22-5-2-1-3-6-22/h1-14,19-20H,15-18,21H2. The summed E-state index contributed by atoms with van der Waals surface area (Å²) < 4.78 is 29.8. The maximum atomic E-state index is 13.2. The Morgan fingerprint density at radius 1 is 0.721 bits per heavy atom. The summed E-state index contributed by atoms with van der Waals surface area (Å²) in [5.74, 6) is 0. The lowest BCUT2D eigenvalue weighted by molar-refractivity contribution is -0.385. The van der Waals surface area contributed by atoms with Gasteiger partial charge in [-0.3, -0.25) is 25.1 Å². The van der Waals surface area contributed by atoms with Crippen molar-refractivity contribution in [1.82, 2.24) is 18.6 Å². The SMILES string of the molecule is O=[N+]([O-])c1ccc(S(=O)(=O)N2CCN(Cc3c(-c4cccc([N+](=O)[O-])c4)nc4ccc(-c5ccccc5)cn34)CC2)cc1. The number of rotatable bonds is 8. The largest absolute Gasteiger partial charge is 0.301 e. The molecule has 0 spiro atoms. The number of nitro groups is 2. The first-order valence-corrected chi connectivity index (χ1v) is 14.9. The van der Waals surface area contributed by atoms with E-state index in [1.165, 1.54) is 40.7 Å². The molecule has 12 nitrogen and oxygen atoms in total. The molecule has 1 aliphatic heterocycles. The van der Waals surface area contributed by atoms with Crippen molar-refractivity contribution in [3.05, 3.63) is 123 Å². The summed E-state index contributed by atoms with van der Waals surface area (Å²) in [6.45, 7) is 1.77. The Balaban J connectivity index is 1.30. The van der Waals surface area contributed by atoms with Crippen LogP contribution in [0, 0.1) is 20.2 Å². The van der Waals surface area contributed by atoms with E-state index in [2.05, 4.69) is 4.90 Å². The molecular formula is C30H26N6O6S. The van der Waals surface area contributed by atoms with Crippen molar-refractivity contribution in [3.63, 3.8) is 0 Å². The summed E-state index contributed by atoms with van der Waals surface area (Å²) in [7, 11) is -3.82. The topological polar surface area (TPSA) is 144 Å². The Morgan fingerprint density at radius 2 is 1.40 bits per heavy atom. The summed E-state index contributed by atoms with van der Waals surface area (Å²) in [5, 5.41) is 22.5. The van der Waals surface area contributed by atoms with Crippen LogP contribution in [0.3, 0.4) is 0 Å². The average Bonchev–Trinajstić information content (AvgIpc) is 3.39. The summed E-state index contributed by atoms with van der Waals surface area (Å²) in [5.41, 5.74) is 4.57. The van der Waals surface area contributed by atoms with E-state index in [4.69, 9.17) is 4.98 Å². The van der Waals surface area contributed by atoms with Gasteiger partial charge < -0.3 is 4.40 Å². The number of non-ortho nitro benzene ring substituents is 2. The van der Waals surface area contributed by atoms with E-state index in [1.54, 1.807) is 12.1 Å². The highest BCUT2D eigenvalue weighted by Crippen LogP contribution is 2.31. The molecule has 3 aromatic carbocycles. The molecule has 0 saturated carbocycles. The van der Waals surface area contributed by atoms with E-state index < -0.39 is 19.9 Å². The minimum absolute atomic E-state index is 0.00901. The number of nitro benzene ring substituents is 2. The van der Waals surface area contributed by atoms with Crippen molar-refractivity contribution in [3.8, 4) is 22.4 Å². The zero-order valence-electron chi connectivity index (χ0n) is 22.8. The van der Waals surface area contributed by atoms with Gasteiger partial charge in [0.2, 0.25) is 10.0 Å². The quantitative estimate of drug-likeness (QED) is 0.179. The lowest BCUT2D eigenvalue weighted by Crippen LogP contribution is -2.48. The second kappa shape index (κ2) is 11.4. The number of piperazine rings is 1. The summed E-state index contributed by atoms with van der Waals surface area (Å²) in [4.78, 5) is 28.5. The molecule has 0 bridgehead atoms. The van der Waals surface area contributed by atoms with Crippen LogP contribution in [0.15, 0.2) is 102 Å². The van der Waals surface area contributed by atoms with Gasteiger partial charge in [-0.25, -0.2) is 13.4 Å². The van der Waals surface area contributed by atoms with Crippen molar-refractivity contribution in [1.29, 1.82) is 0 Å². The Labute approximate surface area is 246 Å². The molecule has 1 saturated heterocycles. The fourth-order valence-corrected chi connectivity index (χ4v) is 6.69. The number of nitrogens with zero attached hydrogens (tertiary/aromatic N) is 6. The normalized spacial score (nSPS) is 14.6. The maximum Gasteiger partial charge on any atom is 0.270 e. The molecule has 5 aromatic rings. The molecule has 1 aliphatic rings. The Hall–Kier alpha value is -4.98. The van der Waals surface area contributed by atoms with E-state index in [0.717, 1.165) is 16.8 Å². The molecule has 0 atom stereocenters. The number of fused-ring (bicyclic) bond motifs is 1. The molecule has 0 radical (unpaired) electrons. The van der Waals surface area contributed by atoms with Crippen LogP contribution in [0.25, 0.3) is 28.0 Å². The Bertz CT molecular complexity index is 1940. The number of hydrogen-bond donors (Lipinski definition) is 0. The third-order valence-electron chi connectivity index (χ3n) is 7.54. The predicted octanol–water partition coefficient (Wildman–Crippen LogP) is 4.99. The van der Waals surface area contributed by atoms with Crippen molar-refractivity contribution in [2.75, 3.05) is 26.2 Å². The predicted molar refractivity (Wildman–Crippen MR) is 160 cm³/mol. The zero-order valence-corrected chi connectivity index (χ0v) is 23.6. The van der Waals surface area contributed by atoms with Gasteiger partial charge in [0.1, 0.15) is 5.65 Å². The molecule has 0 N–H and O–H groups in total. The van der Waals surface area contributed by atoms with Crippen LogP contribution in [0.1, 0.15) is 5.69 Å². The first kappa shape index (κ1) is 28.2. The smallest absolute Gasteiger partial charge is 0.270 e. The second-order valence-corrected chi connectivity index (χ2v) is 12.1. The second-order valence-electron chi connectivity index (χ2n) is 10.2. The minimum atomic E-state index is -3.82. The summed E-state index contributed by atoms with van der Waals surface area (Å²) in [6, 6.07) is 25.1. The highest BCUT2D eigenvalue weighted by atomic mass is 32.2. The van der Waals surface area contributed by atoms with Crippen LogP contribution < -0.4 is 0 Å². The molecular weight excluding hydrogens is 572 g/mol. The fraction of sp³-hybridized carbons (Fsp3) is 0.167. The van der Waals surface area contributed by atoms with Crippen LogP contribution >= 0.6 is 0 Å². The van der Waals surface area contributed by atoms with Crippen LogP contribution in [0.4, 0.5) is 11.4 Å². The third kappa shape index (κ3) is 5.60. The van der Waals surface area contributed by atoms with Gasteiger partial charge in [0.25, 0.3) is 11.4 Å². The van der Waals surface area contributed by atoms with Crippen molar-refractivity contribution in [2.24, 2.45) is 0 Å². The molecule has 0 unspecified atom stereocenters. The molecule has 218 valence electrons. The molecule has 0 amide bonds. The van der Waals surface area contributed by atoms with Gasteiger partial charge in [-0.15, -0.1) is 0 Å². The van der Waals surface area contributed by atoms with Crippen molar-refractivity contribution in [2.45, 2.75) is 11.4 Å². The van der Waals surface area contributed by atoms with Gasteiger partial charge in [0.05, 0.1) is 26.1 Å². The molecule has 13 heteroatoms. The van der Waals surface area contributed by atoms with E-state index in [0.29, 0.717) is 36.5 Å². The Morgan fingerprint density at radius 3 is 2.07 bits per heavy atom. The van der Waals surface area contributed by atoms with Crippen LogP contribution in [-0.2, 0) is 16.6 Å². The van der Waals surface area contributed by atoms with Gasteiger partial charge in [0, 0.05) is 68.7 Å². The van der Waals surface area contributed by atoms with Gasteiger partial charge in [0.15, 0.2) is 0 Å². The first-order chi connectivity index (χ1) is 20.7. The van der Waals surface area contributed by atoms with Crippen LogP contribution in [0.5, 0.6) is 0 Å². The van der Waals surface area contributed by atoms with Crippen molar-refractivity contribution >= 4 is 27.0 Å². The highest BCUT2D eigenvalue weighted by molar-refractivity contribution is 7.89. The highest BCUT2D eigenvalue weighted by Gasteiger charge is 2.30. The van der Waals surface area contributed by atoms with Crippen LogP contribution in [-0.4, -0.2) is 63.0 Å². The van der Waals surface area contributed by atoms with Gasteiger partial charge in [-0.2, -0.15) is 4.31 Å². The molecule has 2 aromatic heterocycles. The molecule has 6 rings (SSSR count). The van der Waals surface area contributed by atoms with E-state index in [-0.39, 0.29) is 29.4 Å². The van der Waals surface area contributed by atoms with Gasteiger partial charge >= 0.3 is 0 Å². The summed E-state index contributed by atoms with van der Waals surface area (Å²) in [6.07, 6.45) is 2.00.